The van der Waals surface area contributed by atoms with Gasteiger partial charge in [0.05, 0.1) is 16.8 Å². The fourth-order valence-electron chi connectivity index (χ4n) is 3.82. The van der Waals surface area contributed by atoms with Crippen molar-refractivity contribution < 1.29 is 26.3 Å². The number of nitrogens with zero attached hydrogens (tertiary/aromatic N) is 4. The number of benzene rings is 2. The van der Waals surface area contributed by atoms with Crippen LogP contribution in [0.2, 0.25) is 0 Å². The lowest BCUT2D eigenvalue weighted by atomic mass is 10.1. The second-order valence-corrected chi connectivity index (χ2v) is 8.70. The second-order valence-electron chi connectivity index (χ2n) is 8.70. The lowest BCUT2D eigenvalue weighted by Crippen LogP contribution is -2.25. The molecule has 0 unspecified atom stereocenters. The molecule has 0 aliphatic carbocycles. The Hall–Kier alpha value is -4.35. The number of rotatable bonds is 8. The molecule has 6 nitrogen and oxygen atoms in total. The molecule has 2 aromatic carbocycles. The summed E-state index contributed by atoms with van der Waals surface area (Å²) >= 11 is 0. The van der Waals surface area contributed by atoms with Gasteiger partial charge in [-0.1, -0.05) is 18.2 Å². The molecular formula is C27H24F6N6. The smallest absolute Gasteiger partial charge is 0.359 e. The van der Waals surface area contributed by atoms with Crippen LogP contribution in [0, 0.1) is 6.92 Å². The van der Waals surface area contributed by atoms with Gasteiger partial charge in [-0.25, -0.2) is 9.97 Å². The summed E-state index contributed by atoms with van der Waals surface area (Å²) in [6.07, 6.45) is -7.49. The van der Waals surface area contributed by atoms with Gasteiger partial charge in [-0.3, -0.25) is 0 Å². The molecule has 4 aromatic rings. The zero-order valence-corrected chi connectivity index (χ0v) is 20.9. The monoisotopic (exact) mass is 546 g/mol. The summed E-state index contributed by atoms with van der Waals surface area (Å²) in [4.78, 5) is 14.4. The predicted molar refractivity (Wildman–Crippen MR) is 137 cm³/mol. The van der Waals surface area contributed by atoms with Crippen molar-refractivity contribution >= 4 is 29.0 Å². The first-order valence-corrected chi connectivity index (χ1v) is 11.8. The number of hydrogen-bond acceptors (Lipinski definition) is 6. The number of halogens is 6. The lowest BCUT2D eigenvalue weighted by Gasteiger charge is -2.22. The van der Waals surface area contributed by atoms with Crippen LogP contribution in [0.3, 0.4) is 0 Å². The van der Waals surface area contributed by atoms with Gasteiger partial charge in [0.1, 0.15) is 11.6 Å². The van der Waals surface area contributed by atoms with Crippen LogP contribution >= 0.6 is 0 Å². The van der Waals surface area contributed by atoms with E-state index >= 15 is 0 Å². The van der Waals surface area contributed by atoms with Crippen LogP contribution in [0.5, 0.6) is 0 Å². The molecule has 0 saturated heterocycles. The minimum atomic E-state index is -4.56. The van der Waals surface area contributed by atoms with Gasteiger partial charge in [0.25, 0.3) is 0 Å². The van der Waals surface area contributed by atoms with Crippen molar-refractivity contribution in [2.75, 3.05) is 29.1 Å². The van der Waals surface area contributed by atoms with Crippen molar-refractivity contribution in [3.63, 3.8) is 0 Å². The molecule has 0 aliphatic rings. The Kier molecular flexibility index (Phi) is 7.93. The number of alkyl halides is 6. The largest absolute Gasteiger partial charge is 0.419 e. The Balaban J connectivity index is 1.62. The van der Waals surface area contributed by atoms with Crippen molar-refractivity contribution in [1.82, 2.24) is 15.0 Å². The van der Waals surface area contributed by atoms with E-state index in [0.29, 0.717) is 28.5 Å². The van der Waals surface area contributed by atoms with E-state index < -0.39 is 23.5 Å². The lowest BCUT2D eigenvalue weighted by molar-refractivity contribution is -0.138. The highest BCUT2D eigenvalue weighted by Crippen LogP contribution is 2.35. The molecule has 4 rings (SSSR count). The summed E-state index contributed by atoms with van der Waals surface area (Å²) < 4.78 is 79.3. The molecular weight excluding hydrogens is 522 g/mol. The van der Waals surface area contributed by atoms with Crippen LogP contribution in [0.4, 0.5) is 55.3 Å². The predicted octanol–water partition coefficient (Wildman–Crippen LogP) is 7.38. The highest BCUT2D eigenvalue weighted by atomic mass is 19.4. The fraction of sp³-hybridized carbons (Fsp3) is 0.222. The van der Waals surface area contributed by atoms with E-state index in [2.05, 4.69) is 25.6 Å². The van der Waals surface area contributed by atoms with Crippen LogP contribution in [0.1, 0.15) is 22.4 Å². The molecule has 39 heavy (non-hydrogen) atoms. The second kappa shape index (κ2) is 11.2. The van der Waals surface area contributed by atoms with Gasteiger partial charge in [0, 0.05) is 43.1 Å². The molecule has 0 radical (unpaired) electrons. The van der Waals surface area contributed by atoms with E-state index in [-0.39, 0.29) is 24.7 Å². The van der Waals surface area contributed by atoms with Crippen LogP contribution < -0.4 is 15.5 Å². The third-order valence-electron chi connectivity index (χ3n) is 5.89. The summed E-state index contributed by atoms with van der Waals surface area (Å²) in [7, 11) is 1.51. The third-order valence-corrected chi connectivity index (χ3v) is 5.89. The molecule has 2 aromatic heterocycles. The van der Waals surface area contributed by atoms with E-state index in [9.17, 15) is 26.3 Å². The van der Waals surface area contributed by atoms with Crippen molar-refractivity contribution in [1.29, 1.82) is 0 Å². The van der Waals surface area contributed by atoms with Crippen LogP contribution in [0.15, 0.2) is 72.9 Å². The van der Waals surface area contributed by atoms with Crippen LogP contribution in [-0.4, -0.2) is 28.5 Å². The van der Waals surface area contributed by atoms with Gasteiger partial charge in [-0.05, 0) is 55.5 Å². The van der Waals surface area contributed by atoms with E-state index in [1.165, 1.54) is 36.3 Å². The third kappa shape index (κ3) is 6.95. The average Bonchev–Trinajstić information content (AvgIpc) is 2.89. The minimum Gasteiger partial charge on any atom is -0.359 e. The molecule has 0 amide bonds. The molecule has 0 saturated carbocycles. The van der Waals surface area contributed by atoms with E-state index in [0.717, 1.165) is 18.2 Å². The minimum absolute atomic E-state index is 0.155. The summed E-state index contributed by atoms with van der Waals surface area (Å²) in [6, 6.07) is 15.8. The van der Waals surface area contributed by atoms with Gasteiger partial charge in [-0.15, -0.1) is 0 Å². The molecule has 2 heterocycles. The van der Waals surface area contributed by atoms with Gasteiger partial charge in [0.2, 0.25) is 5.95 Å². The normalized spacial score (nSPS) is 11.8. The first-order chi connectivity index (χ1) is 18.4. The Morgan fingerprint density at radius 1 is 0.769 bits per heavy atom. The standard InChI is InChI=1S/C27H24F6N6/c1-17-22(14-16-39(2)24-21(27(31,32)33)9-6-15-34-24)37-25(36-19-7-4-3-5-8-19)38-23(17)35-20-12-10-18(11-13-20)26(28,29)30/h3-13,15H,14,16H2,1-2H3,(H2,35,36,37,38). The number of anilines is 5. The molecule has 12 heteroatoms. The number of pyridine rings is 1. The van der Waals surface area contributed by atoms with Crippen molar-refractivity contribution in [2.24, 2.45) is 0 Å². The van der Waals surface area contributed by atoms with Crippen molar-refractivity contribution in [3.05, 3.63) is 95.3 Å². The summed E-state index contributed by atoms with van der Waals surface area (Å²) in [6.45, 7) is 1.89. The Morgan fingerprint density at radius 2 is 1.44 bits per heavy atom. The van der Waals surface area contributed by atoms with Gasteiger partial charge < -0.3 is 15.5 Å². The maximum Gasteiger partial charge on any atom is 0.419 e. The highest BCUT2D eigenvalue weighted by molar-refractivity contribution is 5.63. The average molecular weight is 547 g/mol. The molecule has 2 N–H and O–H groups in total. The van der Waals surface area contributed by atoms with Gasteiger partial charge in [0.15, 0.2) is 0 Å². The van der Waals surface area contributed by atoms with Crippen molar-refractivity contribution in [3.8, 4) is 0 Å². The first-order valence-electron chi connectivity index (χ1n) is 11.8. The van der Waals surface area contributed by atoms with E-state index in [4.69, 9.17) is 0 Å². The van der Waals surface area contributed by atoms with E-state index in [1.807, 2.05) is 18.2 Å². The van der Waals surface area contributed by atoms with Gasteiger partial charge in [-0.2, -0.15) is 31.3 Å². The maximum absolute atomic E-state index is 13.5. The topological polar surface area (TPSA) is 66.0 Å². The molecule has 204 valence electrons. The SMILES string of the molecule is Cc1c(CCN(C)c2ncccc2C(F)(F)F)nc(Nc2ccccc2)nc1Nc1ccc(C(F)(F)F)cc1. The number of nitrogens with one attached hydrogen (secondary N) is 2. The number of aromatic nitrogens is 3. The number of hydrogen-bond donors (Lipinski definition) is 2. The summed E-state index contributed by atoms with van der Waals surface area (Å²) in [5, 5.41) is 6.12. The molecule has 0 atom stereocenters. The van der Waals surface area contributed by atoms with Crippen molar-refractivity contribution in [2.45, 2.75) is 25.7 Å². The van der Waals surface area contributed by atoms with Crippen LogP contribution in [0.25, 0.3) is 0 Å². The molecule has 0 bridgehead atoms. The Labute approximate surface area is 220 Å². The highest BCUT2D eigenvalue weighted by Gasteiger charge is 2.35. The number of likely N-dealkylation sites (N-methyl/N-ethyl adjacent to an activating group) is 1. The molecule has 0 fully saturated rings. The number of para-hydroxylation sites is 1. The Morgan fingerprint density at radius 3 is 2.08 bits per heavy atom. The van der Waals surface area contributed by atoms with Gasteiger partial charge >= 0.3 is 12.4 Å². The fourth-order valence-corrected chi connectivity index (χ4v) is 3.82. The van der Waals surface area contributed by atoms with Crippen LogP contribution in [-0.2, 0) is 18.8 Å². The summed E-state index contributed by atoms with van der Waals surface area (Å²) in [5.74, 6) is 0.352. The first kappa shape index (κ1) is 27.7. The summed E-state index contributed by atoms with van der Waals surface area (Å²) in [5.41, 5.74) is 0.585. The molecule has 0 aliphatic heterocycles. The quantitative estimate of drug-likeness (QED) is 0.225. The zero-order chi connectivity index (χ0) is 28.2. The Bertz CT molecular complexity index is 1410. The maximum atomic E-state index is 13.5. The molecule has 0 spiro atoms. The van der Waals surface area contributed by atoms with E-state index in [1.54, 1.807) is 19.1 Å². The zero-order valence-electron chi connectivity index (χ0n) is 20.9.